The summed E-state index contributed by atoms with van der Waals surface area (Å²) < 4.78 is 5.33. The number of anilines is 2. The van der Waals surface area contributed by atoms with Crippen LogP contribution in [0.5, 0.6) is 0 Å². The van der Waals surface area contributed by atoms with E-state index in [0.29, 0.717) is 48.3 Å². The molecular weight excluding hydrogens is 513 g/mol. The van der Waals surface area contributed by atoms with Crippen molar-refractivity contribution in [3.8, 4) is 0 Å². The number of morpholine rings is 1. The number of carbonyl (C=O) groups excluding carboxylic acids is 2. The number of nitrogens with zero attached hydrogens (tertiary/aromatic N) is 2. The molecule has 0 aliphatic carbocycles. The van der Waals surface area contributed by atoms with Gasteiger partial charge in [0.25, 0.3) is 11.8 Å². The van der Waals surface area contributed by atoms with Crippen molar-refractivity contribution >= 4 is 64.0 Å². The number of hydrogen-bond acceptors (Lipinski definition) is 5. The average Bonchev–Trinajstić information content (AvgIpc) is 2.87. The molecule has 4 rings (SSSR count). The van der Waals surface area contributed by atoms with Gasteiger partial charge in [0, 0.05) is 35.4 Å². The van der Waals surface area contributed by atoms with E-state index in [2.05, 4.69) is 15.6 Å². The molecule has 0 unspecified atom stereocenters. The molecule has 0 radical (unpaired) electrons. The van der Waals surface area contributed by atoms with Crippen LogP contribution in [0.4, 0.5) is 11.5 Å². The zero-order valence-corrected chi connectivity index (χ0v) is 20.5. The summed E-state index contributed by atoms with van der Waals surface area (Å²) in [5, 5.41) is 14.5. The normalized spacial score (nSPS) is 13.3. The van der Waals surface area contributed by atoms with Gasteiger partial charge in [-0.1, -0.05) is 46.9 Å². The minimum absolute atomic E-state index is 0.0679. The van der Waals surface area contributed by atoms with E-state index in [0.717, 1.165) is 0 Å². The van der Waals surface area contributed by atoms with Gasteiger partial charge in [-0.05, 0) is 36.4 Å². The van der Waals surface area contributed by atoms with E-state index in [1.165, 1.54) is 18.3 Å². The zero-order valence-electron chi connectivity index (χ0n) is 18.3. The highest BCUT2D eigenvalue weighted by Gasteiger charge is 2.20. The van der Waals surface area contributed by atoms with Gasteiger partial charge >= 0.3 is 0 Å². The SMILES string of the molecule is N=C(c1ccc(C(=O)Nc2c(Cl)cc(Cl)cc2C(=O)Nc2ccc(Cl)cn2)cc1)N1CCOCC1. The molecule has 2 amide bonds. The number of ether oxygens (including phenoxy) is 1. The molecule has 0 saturated carbocycles. The van der Waals surface area contributed by atoms with Crippen LogP contribution < -0.4 is 10.6 Å². The van der Waals surface area contributed by atoms with Gasteiger partial charge in [-0.2, -0.15) is 0 Å². The third-order valence-electron chi connectivity index (χ3n) is 5.25. The van der Waals surface area contributed by atoms with E-state index in [4.69, 9.17) is 44.9 Å². The molecule has 1 fully saturated rings. The number of amidine groups is 1. The average molecular weight is 533 g/mol. The van der Waals surface area contributed by atoms with E-state index in [1.54, 1.807) is 36.4 Å². The largest absolute Gasteiger partial charge is 0.378 e. The van der Waals surface area contributed by atoms with Crippen LogP contribution in [0.3, 0.4) is 0 Å². The van der Waals surface area contributed by atoms with Gasteiger partial charge in [-0.25, -0.2) is 4.98 Å². The number of nitrogens with one attached hydrogen (secondary N) is 3. The lowest BCUT2D eigenvalue weighted by Gasteiger charge is -2.29. The van der Waals surface area contributed by atoms with Crippen LogP contribution in [0, 0.1) is 5.41 Å². The number of halogens is 3. The van der Waals surface area contributed by atoms with Crippen molar-refractivity contribution in [2.24, 2.45) is 0 Å². The Morgan fingerprint density at radius 2 is 1.57 bits per heavy atom. The molecule has 2 aromatic carbocycles. The highest BCUT2D eigenvalue weighted by molar-refractivity contribution is 6.38. The lowest BCUT2D eigenvalue weighted by atomic mass is 10.1. The minimum atomic E-state index is -0.561. The van der Waals surface area contributed by atoms with Gasteiger partial charge in [-0.15, -0.1) is 0 Å². The van der Waals surface area contributed by atoms with Gasteiger partial charge in [0.1, 0.15) is 11.7 Å². The van der Waals surface area contributed by atoms with Crippen LogP contribution in [0.15, 0.2) is 54.7 Å². The third kappa shape index (κ3) is 6.10. The Morgan fingerprint density at radius 3 is 2.23 bits per heavy atom. The first-order chi connectivity index (χ1) is 16.8. The maximum Gasteiger partial charge on any atom is 0.259 e. The molecule has 2 heterocycles. The molecule has 180 valence electrons. The molecule has 35 heavy (non-hydrogen) atoms. The number of rotatable bonds is 5. The smallest absolute Gasteiger partial charge is 0.259 e. The van der Waals surface area contributed by atoms with Crippen LogP contribution in [-0.4, -0.2) is 53.8 Å². The van der Waals surface area contributed by atoms with Crippen molar-refractivity contribution < 1.29 is 14.3 Å². The number of aromatic nitrogens is 1. The van der Waals surface area contributed by atoms with Crippen LogP contribution in [0.1, 0.15) is 26.3 Å². The summed E-state index contributed by atoms with van der Waals surface area (Å²) in [6.45, 7) is 2.45. The van der Waals surface area contributed by atoms with Crippen molar-refractivity contribution in [3.05, 3.63) is 86.5 Å². The summed E-state index contributed by atoms with van der Waals surface area (Å²) in [4.78, 5) is 31.8. The van der Waals surface area contributed by atoms with Gasteiger partial charge in [0.2, 0.25) is 0 Å². The topological polar surface area (TPSA) is 107 Å². The van der Waals surface area contributed by atoms with Crippen molar-refractivity contribution in [1.82, 2.24) is 9.88 Å². The monoisotopic (exact) mass is 531 g/mol. The van der Waals surface area contributed by atoms with E-state index < -0.39 is 11.8 Å². The van der Waals surface area contributed by atoms with E-state index in [-0.39, 0.29) is 27.1 Å². The third-order valence-corrected chi connectivity index (χ3v) is 5.99. The summed E-state index contributed by atoms with van der Waals surface area (Å²) in [5.74, 6) is -0.395. The summed E-state index contributed by atoms with van der Waals surface area (Å²) in [5.41, 5.74) is 1.19. The number of carbonyl (C=O) groups is 2. The molecule has 0 bridgehead atoms. The lowest BCUT2D eigenvalue weighted by Crippen LogP contribution is -2.40. The van der Waals surface area contributed by atoms with Crippen molar-refractivity contribution in [3.63, 3.8) is 0 Å². The molecule has 1 saturated heterocycles. The van der Waals surface area contributed by atoms with Crippen LogP contribution in [-0.2, 0) is 4.74 Å². The first-order valence-corrected chi connectivity index (χ1v) is 11.7. The Labute approximate surface area is 216 Å². The van der Waals surface area contributed by atoms with Crippen molar-refractivity contribution in [2.45, 2.75) is 0 Å². The van der Waals surface area contributed by atoms with E-state index >= 15 is 0 Å². The molecule has 8 nitrogen and oxygen atoms in total. The fourth-order valence-electron chi connectivity index (χ4n) is 3.45. The van der Waals surface area contributed by atoms with Gasteiger partial charge in [0.05, 0.1) is 34.5 Å². The number of pyridine rings is 1. The lowest BCUT2D eigenvalue weighted by molar-refractivity contribution is 0.0680. The molecule has 11 heteroatoms. The minimum Gasteiger partial charge on any atom is -0.378 e. The van der Waals surface area contributed by atoms with E-state index in [1.807, 2.05) is 4.90 Å². The second kappa shape index (κ2) is 11.0. The maximum atomic E-state index is 13.0. The highest BCUT2D eigenvalue weighted by atomic mass is 35.5. The standard InChI is InChI=1S/C24H20Cl3N5O3/c25-16-5-6-20(29-13-16)30-24(34)18-11-17(26)12-19(27)21(18)31-23(33)15-3-1-14(2-4-15)22(28)32-7-9-35-10-8-32/h1-6,11-13,28H,7-10H2,(H,31,33)(H,29,30,34). The fourth-order valence-corrected chi connectivity index (χ4v) is 4.10. The molecule has 3 N–H and O–H groups in total. The van der Waals surface area contributed by atoms with Gasteiger partial charge < -0.3 is 20.3 Å². The number of amides is 2. The highest BCUT2D eigenvalue weighted by Crippen LogP contribution is 2.31. The first kappa shape index (κ1) is 24.9. The second-order valence-electron chi connectivity index (χ2n) is 7.61. The molecule has 1 aromatic heterocycles. The summed E-state index contributed by atoms with van der Waals surface area (Å²) in [7, 11) is 0. The summed E-state index contributed by atoms with van der Waals surface area (Å²) in [6.07, 6.45) is 1.40. The van der Waals surface area contributed by atoms with Gasteiger partial charge in [0.15, 0.2) is 0 Å². The van der Waals surface area contributed by atoms with Crippen molar-refractivity contribution in [1.29, 1.82) is 5.41 Å². The van der Waals surface area contributed by atoms with Gasteiger partial charge in [-0.3, -0.25) is 15.0 Å². The summed E-state index contributed by atoms with van der Waals surface area (Å²) in [6, 6.07) is 12.6. The van der Waals surface area contributed by atoms with Crippen LogP contribution in [0.25, 0.3) is 0 Å². The van der Waals surface area contributed by atoms with E-state index in [9.17, 15) is 9.59 Å². The molecule has 1 aliphatic rings. The second-order valence-corrected chi connectivity index (χ2v) is 8.89. The van der Waals surface area contributed by atoms with Crippen LogP contribution in [0.2, 0.25) is 15.1 Å². The van der Waals surface area contributed by atoms with Crippen LogP contribution >= 0.6 is 34.8 Å². The number of hydrogen-bond donors (Lipinski definition) is 3. The Balaban J connectivity index is 1.52. The fraction of sp³-hybridized carbons (Fsp3) is 0.167. The predicted molar refractivity (Wildman–Crippen MR) is 137 cm³/mol. The Bertz CT molecular complexity index is 1260. The molecule has 3 aromatic rings. The summed E-state index contributed by atoms with van der Waals surface area (Å²) >= 11 is 18.3. The first-order valence-electron chi connectivity index (χ1n) is 10.6. The Kier molecular flexibility index (Phi) is 7.87. The Morgan fingerprint density at radius 1 is 0.886 bits per heavy atom. The number of benzene rings is 2. The maximum absolute atomic E-state index is 13.0. The quantitative estimate of drug-likeness (QED) is 0.309. The Hall–Kier alpha value is -3.17. The molecular formula is C24H20Cl3N5O3. The molecule has 0 spiro atoms. The van der Waals surface area contributed by atoms with Crippen molar-refractivity contribution in [2.75, 3.05) is 36.9 Å². The zero-order chi connectivity index (χ0) is 24.9. The molecule has 0 atom stereocenters. The predicted octanol–water partition coefficient (Wildman–Crippen LogP) is 5.20. The molecule has 1 aliphatic heterocycles.